The van der Waals surface area contributed by atoms with Crippen LogP contribution in [0.15, 0.2) is 12.1 Å². The van der Waals surface area contributed by atoms with Crippen molar-refractivity contribution in [1.82, 2.24) is 0 Å². The Balaban J connectivity index is 3.24. The number of nitriles is 1. The maximum atomic E-state index is 8.66. The SMILES string of the molecule is COc1c[c]cc(C#N)c1OC. The van der Waals surface area contributed by atoms with E-state index in [4.69, 9.17) is 14.7 Å². The largest absolute Gasteiger partial charge is 0.493 e. The first kappa shape index (κ1) is 8.41. The molecule has 1 radical (unpaired) electrons. The molecule has 0 aliphatic carbocycles. The molecule has 0 saturated carbocycles. The highest BCUT2D eigenvalue weighted by Crippen LogP contribution is 2.29. The van der Waals surface area contributed by atoms with E-state index in [-0.39, 0.29) is 0 Å². The van der Waals surface area contributed by atoms with Crippen LogP contribution in [0.25, 0.3) is 0 Å². The van der Waals surface area contributed by atoms with Gasteiger partial charge in [-0.1, -0.05) is 0 Å². The summed E-state index contributed by atoms with van der Waals surface area (Å²) in [5.41, 5.74) is 0.428. The highest BCUT2D eigenvalue weighted by atomic mass is 16.5. The van der Waals surface area contributed by atoms with Gasteiger partial charge in [0.05, 0.1) is 19.8 Å². The van der Waals surface area contributed by atoms with Crippen molar-refractivity contribution in [1.29, 1.82) is 5.26 Å². The van der Waals surface area contributed by atoms with Crippen LogP contribution in [0.5, 0.6) is 11.5 Å². The quantitative estimate of drug-likeness (QED) is 0.659. The highest BCUT2D eigenvalue weighted by molar-refractivity contribution is 5.51. The van der Waals surface area contributed by atoms with Crippen LogP contribution >= 0.6 is 0 Å². The summed E-state index contributed by atoms with van der Waals surface area (Å²) < 4.78 is 9.96. The summed E-state index contributed by atoms with van der Waals surface area (Å²) in [5, 5.41) is 8.66. The Morgan fingerprint density at radius 2 is 2.08 bits per heavy atom. The molecule has 61 valence electrons. The molecule has 0 heterocycles. The lowest BCUT2D eigenvalue weighted by Crippen LogP contribution is -1.92. The second-order valence-corrected chi connectivity index (χ2v) is 2.08. The van der Waals surface area contributed by atoms with E-state index in [0.29, 0.717) is 17.1 Å². The maximum Gasteiger partial charge on any atom is 0.178 e. The van der Waals surface area contributed by atoms with E-state index in [1.807, 2.05) is 6.07 Å². The molecule has 0 aliphatic heterocycles. The molecule has 0 saturated heterocycles. The lowest BCUT2D eigenvalue weighted by Gasteiger charge is -2.07. The van der Waals surface area contributed by atoms with Crippen molar-refractivity contribution in [3.8, 4) is 17.6 Å². The minimum Gasteiger partial charge on any atom is -0.493 e. The third-order valence-electron chi connectivity index (χ3n) is 1.46. The van der Waals surface area contributed by atoms with Crippen molar-refractivity contribution < 1.29 is 9.47 Å². The van der Waals surface area contributed by atoms with E-state index in [0.717, 1.165) is 0 Å². The van der Waals surface area contributed by atoms with Gasteiger partial charge < -0.3 is 9.47 Å². The van der Waals surface area contributed by atoms with E-state index in [1.54, 1.807) is 12.1 Å². The number of hydrogen-bond donors (Lipinski definition) is 0. The van der Waals surface area contributed by atoms with Crippen molar-refractivity contribution in [2.75, 3.05) is 14.2 Å². The molecule has 3 nitrogen and oxygen atoms in total. The van der Waals surface area contributed by atoms with Crippen LogP contribution < -0.4 is 9.47 Å². The van der Waals surface area contributed by atoms with Crippen LogP contribution in [-0.4, -0.2) is 14.2 Å². The number of rotatable bonds is 2. The van der Waals surface area contributed by atoms with Crippen LogP contribution in [-0.2, 0) is 0 Å². The third kappa shape index (κ3) is 1.32. The Bertz CT molecular complexity index is 315. The molecule has 1 aromatic carbocycles. The van der Waals surface area contributed by atoms with Gasteiger partial charge in [-0.05, 0) is 18.2 Å². The Morgan fingerprint density at radius 3 is 2.58 bits per heavy atom. The first-order valence-electron chi connectivity index (χ1n) is 3.35. The van der Waals surface area contributed by atoms with Gasteiger partial charge in [0, 0.05) is 0 Å². The van der Waals surface area contributed by atoms with Crippen LogP contribution in [0.2, 0.25) is 0 Å². The van der Waals surface area contributed by atoms with E-state index < -0.39 is 0 Å². The molecule has 1 aromatic rings. The summed E-state index contributed by atoms with van der Waals surface area (Å²) in [4.78, 5) is 0. The number of ether oxygens (including phenoxy) is 2. The first-order valence-corrected chi connectivity index (χ1v) is 3.35. The summed E-state index contributed by atoms with van der Waals surface area (Å²) in [6.07, 6.45) is 0. The fraction of sp³-hybridized carbons (Fsp3) is 0.222. The zero-order valence-electron chi connectivity index (χ0n) is 6.92. The zero-order chi connectivity index (χ0) is 8.97. The lowest BCUT2D eigenvalue weighted by atomic mass is 10.2. The Labute approximate surface area is 71.1 Å². The molecule has 0 fully saturated rings. The number of nitrogens with zero attached hydrogens (tertiary/aromatic N) is 1. The minimum atomic E-state index is 0.428. The fourth-order valence-corrected chi connectivity index (χ4v) is 0.910. The number of benzene rings is 1. The van der Waals surface area contributed by atoms with Crippen molar-refractivity contribution in [3.63, 3.8) is 0 Å². The molecule has 0 aromatic heterocycles. The molecule has 0 aliphatic rings. The third-order valence-corrected chi connectivity index (χ3v) is 1.46. The summed E-state index contributed by atoms with van der Waals surface area (Å²) in [6.45, 7) is 0. The van der Waals surface area contributed by atoms with Gasteiger partial charge in [0.1, 0.15) is 6.07 Å². The first-order chi connectivity index (χ1) is 5.83. The van der Waals surface area contributed by atoms with Crippen molar-refractivity contribution in [2.45, 2.75) is 0 Å². The standard InChI is InChI=1S/C9H8NO2/c1-11-8-5-3-4-7(6-10)9(8)12-2/h4-5H,1-2H3. The van der Waals surface area contributed by atoms with Crippen LogP contribution in [0.3, 0.4) is 0 Å². The zero-order valence-corrected chi connectivity index (χ0v) is 6.92. The number of methoxy groups -OCH3 is 2. The normalized spacial score (nSPS) is 8.75. The van der Waals surface area contributed by atoms with Gasteiger partial charge in [-0.3, -0.25) is 0 Å². The summed E-state index contributed by atoms with van der Waals surface area (Å²) in [6, 6.07) is 7.95. The summed E-state index contributed by atoms with van der Waals surface area (Å²) >= 11 is 0. The second-order valence-electron chi connectivity index (χ2n) is 2.08. The van der Waals surface area contributed by atoms with E-state index in [9.17, 15) is 0 Å². The van der Waals surface area contributed by atoms with Gasteiger partial charge >= 0.3 is 0 Å². The van der Waals surface area contributed by atoms with E-state index in [1.165, 1.54) is 14.2 Å². The monoisotopic (exact) mass is 162 g/mol. The van der Waals surface area contributed by atoms with Gasteiger partial charge in [-0.25, -0.2) is 0 Å². The van der Waals surface area contributed by atoms with Gasteiger partial charge in [0.15, 0.2) is 11.5 Å². The molecule has 0 spiro atoms. The van der Waals surface area contributed by atoms with Gasteiger partial charge in [0.2, 0.25) is 0 Å². The molecule has 3 heteroatoms. The summed E-state index contributed by atoms with van der Waals surface area (Å²) in [7, 11) is 3.02. The van der Waals surface area contributed by atoms with Crippen LogP contribution in [0.1, 0.15) is 5.56 Å². The molecular formula is C9H8NO2. The smallest absolute Gasteiger partial charge is 0.178 e. The second kappa shape index (κ2) is 3.63. The minimum absolute atomic E-state index is 0.428. The van der Waals surface area contributed by atoms with E-state index in [2.05, 4.69) is 6.07 Å². The summed E-state index contributed by atoms with van der Waals surface area (Å²) in [5.74, 6) is 0.982. The predicted molar refractivity (Wildman–Crippen MR) is 43.1 cm³/mol. The molecule has 0 unspecified atom stereocenters. The Kier molecular flexibility index (Phi) is 2.54. The maximum absolute atomic E-state index is 8.66. The van der Waals surface area contributed by atoms with Crippen molar-refractivity contribution >= 4 is 0 Å². The van der Waals surface area contributed by atoms with Crippen LogP contribution in [0, 0.1) is 17.4 Å². The molecule has 0 bridgehead atoms. The molecule has 0 N–H and O–H groups in total. The van der Waals surface area contributed by atoms with Gasteiger partial charge in [-0.15, -0.1) is 0 Å². The Morgan fingerprint density at radius 1 is 1.33 bits per heavy atom. The van der Waals surface area contributed by atoms with Crippen molar-refractivity contribution in [3.05, 3.63) is 23.8 Å². The average Bonchev–Trinajstić information content (AvgIpc) is 2.16. The topological polar surface area (TPSA) is 42.2 Å². The molecule has 12 heavy (non-hydrogen) atoms. The van der Waals surface area contributed by atoms with Gasteiger partial charge in [0.25, 0.3) is 0 Å². The predicted octanol–water partition coefficient (Wildman–Crippen LogP) is 1.38. The fourth-order valence-electron chi connectivity index (χ4n) is 0.910. The average molecular weight is 162 g/mol. The highest BCUT2D eigenvalue weighted by Gasteiger charge is 2.07. The van der Waals surface area contributed by atoms with Gasteiger partial charge in [-0.2, -0.15) is 5.26 Å². The molecular weight excluding hydrogens is 154 g/mol. The van der Waals surface area contributed by atoms with Crippen molar-refractivity contribution in [2.24, 2.45) is 0 Å². The molecule has 0 amide bonds. The van der Waals surface area contributed by atoms with Crippen LogP contribution in [0.4, 0.5) is 0 Å². The molecule has 0 atom stereocenters. The Hall–Kier alpha value is -1.69. The molecule has 1 rings (SSSR count). The lowest BCUT2D eigenvalue weighted by molar-refractivity contribution is 0.354. The number of hydrogen-bond acceptors (Lipinski definition) is 3. The van der Waals surface area contributed by atoms with E-state index >= 15 is 0 Å².